The first-order valence-corrected chi connectivity index (χ1v) is 8.66. The number of aliphatic hydroxyl groups excluding tert-OH is 1. The van der Waals surface area contributed by atoms with E-state index in [0.717, 1.165) is 5.56 Å². The highest BCUT2D eigenvalue weighted by Crippen LogP contribution is 2.32. The Morgan fingerprint density at radius 3 is 2.32 bits per heavy atom. The summed E-state index contributed by atoms with van der Waals surface area (Å²) in [6, 6.07) is 23.2. The molecular formula is C23H20O5. The van der Waals surface area contributed by atoms with Gasteiger partial charge in [0.2, 0.25) is 0 Å². The van der Waals surface area contributed by atoms with Crippen LogP contribution in [0.3, 0.4) is 0 Å². The lowest BCUT2D eigenvalue weighted by Gasteiger charge is -2.15. The summed E-state index contributed by atoms with van der Waals surface area (Å²) in [4.78, 5) is 11.6. The standard InChI is InChI=1S/C23H20O5/c1-27-15-20(23(25)26)19-12-5-6-13-21(19)28-18-11-7-10-17(14-18)22(24)16-8-3-2-4-9-16/h2-15,22,24H,1H3,(H,25,26)/b20-15+. The van der Waals surface area contributed by atoms with Crippen molar-refractivity contribution in [2.24, 2.45) is 0 Å². The summed E-state index contributed by atoms with van der Waals surface area (Å²) >= 11 is 0. The summed E-state index contributed by atoms with van der Waals surface area (Å²) in [5.41, 5.74) is 1.83. The largest absolute Gasteiger partial charge is 0.503 e. The van der Waals surface area contributed by atoms with Crippen LogP contribution in [0.5, 0.6) is 11.5 Å². The molecule has 1 atom stereocenters. The molecule has 0 aliphatic heterocycles. The van der Waals surface area contributed by atoms with E-state index in [1.807, 2.05) is 36.4 Å². The number of hydrogen-bond acceptors (Lipinski definition) is 4. The first-order valence-electron chi connectivity index (χ1n) is 8.66. The maximum atomic E-state index is 11.6. The maximum absolute atomic E-state index is 11.6. The zero-order valence-electron chi connectivity index (χ0n) is 15.3. The molecular weight excluding hydrogens is 356 g/mol. The number of rotatable bonds is 7. The molecule has 2 N–H and O–H groups in total. The molecule has 3 rings (SSSR count). The van der Waals surface area contributed by atoms with Crippen LogP contribution in [-0.2, 0) is 9.53 Å². The highest BCUT2D eigenvalue weighted by atomic mass is 16.5. The van der Waals surface area contributed by atoms with Crippen LogP contribution >= 0.6 is 0 Å². The van der Waals surface area contributed by atoms with Crippen molar-refractivity contribution >= 4 is 11.5 Å². The summed E-state index contributed by atoms with van der Waals surface area (Å²) in [5, 5.41) is 20.1. The number of carboxylic acids is 1. The maximum Gasteiger partial charge on any atom is 0.339 e. The number of carbonyl (C=O) groups is 1. The van der Waals surface area contributed by atoms with Gasteiger partial charge in [0.15, 0.2) is 0 Å². The Morgan fingerprint density at radius 2 is 1.61 bits per heavy atom. The average molecular weight is 376 g/mol. The molecule has 0 aromatic heterocycles. The molecule has 0 spiro atoms. The van der Waals surface area contributed by atoms with Gasteiger partial charge in [0.25, 0.3) is 0 Å². The summed E-state index contributed by atoms with van der Waals surface area (Å²) in [6.07, 6.45) is 0.378. The predicted octanol–water partition coefficient (Wildman–Crippen LogP) is 4.63. The van der Waals surface area contributed by atoms with E-state index >= 15 is 0 Å². The van der Waals surface area contributed by atoms with Gasteiger partial charge in [-0.1, -0.05) is 60.7 Å². The van der Waals surface area contributed by atoms with E-state index < -0.39 is 12.1 Å². The highest BCUT2D eigenvalue weighted by Gasteiger charge is 2.17. The Labute approximate surface area is 163 Å². The molecule has 0 heterocycles. The molecule has 0 aliphatic carbocycles. The topological polar surface area (TPSA) is 76.0 Å². The Morgan fingerprint density at radius 1 is 0.929 bits per heavy atom. The molecule has 3 aromatic carbocycles. The fourth-order valence-electron chi connectivity index (χ4n) is 2.83. The van der Waals surface area contributed by atoms with E-state index in [1.54, 1.807) is 42.5 Å². The number of aliphatic hydroxyl groups is 1. The molecule has 142 valence electrons. The van der Waals surface area contributed by atoms with Gasteiger partial charge in [0.1, 0.15) is 23.2 Å². The van der Waals surface area contributed by atoms with E-state index in [2.05, 4.69) is 0 Å². The minimum absolute atomic E-state index is 0.0152. The van der Waals surface area contributed by atoms with Gasteiger partial charge in [-0.3, -0.25) is 0 Å². The van der Waals surface area contributed by atoms with Gasteiger partial charge in [-0.05, 0) is 29.3 Å². The van der Waals surface area contributed by atoms with Crippen molar-refractivity contribution in [2.45, 2.75) is 6.10 Å². The third-order valence-electron chi connectivity index (χ3n) is 4.16. The van der Waals surface area contributed by atoms with Gasteiger partial charge >= 0.3 is 5.97 Å². The van der Waals surface area contributed by atoms with E-state index in [-0.39, 0.29) is 5.57 Å². The Kier molecular flexibility index (Phi) is 6.09. The molecule has 5 nitrogen and oxygen atoms in total. The van der Waals surface area contributed by atoms with Gasteiger partial charge in [-0.2, -0.15) is 0 Å². The van der Waals surface area contributed by atoms with Gasteiger partial charge in [0, 0.05) is 5.56 Å². The van der Waals surface area contributed by atoms with Crippen LogP contribution in [0.15, 0.2) is 85.1 Å². The second kappa shape index (κ2) is 8.88. The van der Waals surface area contributed by atoms with E-state index in [0.29, 0.717) is 22.6 Å². The van der Waals surface area contributed by atoms with Gasteiger partial charge in [-0.15, -0.1) is 0 Å². The predicted molar refractivity (Wildman–Crippen MR) is 106 cm³/mol. The quantitative estimate of drug-likeness (QED) is 0.464. The van der Waals surface area contributed by atoms with Crippen molar-refractivity contribution in [1.29, 1.82) is 0 Å². The summed E-state index contributed by atoms with van der Waals surface area (Å²) in [7, 11) is 1.39. The fourth-order valence-corrected chi connectivity index (χ4v) is 2.83. The van der Waals surface area contributed by atoms with Crippen LogP contribution in [0, 0.1) is 0 Å². The lowest BCUT2D eigenvalue weighted by Crippen LogP contribution is -2.03. The molecule has 0 amide bonds. The molecule has 3 aromatic rings. The third kappa shape index (κ3) is 4.39. The monoisotopic (exact) mass is 376 g/mol. The molecule has 0 aliphatic rings. The van der Waals surface area contributed by atoms with Crippen molar-refractivity contribution in [1.82, 2.24) is 0 Å². The first-order chi connectivity index (χ1) is 13.6. The molecule has 0 saturated carbocycles. The zero-order chi connectivity index (χ0) is 19.9. The fraction of sp³-hybridized carbons (Fsp3) is 0.0870. The molecule has 5 heteroatoms. The number of ether oxygens (including phenoxy) is 2. The Hall–Kier alpha value is -3.57. The van der Waals surface area contributed by atoms with Crippen molar-refractivity contribution in [3.63, 3.8) is 0 Å². The van der Waals surface area contributed by atoms with Crippen molar-refractivity contribution < 1.29 is 24.5 Å². The van der Waals surface area contributed by atoms with Crippen LogP contribution in [0.1, 0.15) is 22.8 Å². The number of carboxylic acid groups (broad SMARTS) is 1. The third-order valence-corrected chi connectivity index (χ3v) is 4.16. The van der Waals surface area contributed by atoms with Crippen molar-refractivity contribution in [3.05, 3.63) is 102 Å². The highest BCUT2D eigenvalue weighted by molar-refractivity contribution is 6.15. The second-order valence-electron chi connectivity index (χ2n) is 6.06. The number of hydrogen-bond donors (Lipinski definition) is 2. The minimum atomic E-state index is -1.12. The van der Waals surface area contributed by atoms with Gasteiger partial charge < -0.3 is 19.7 Å². The second-order valence-corrected chi connectivity index (χ2v) is 6.06. The average Bonchev–Trinajstić information content (AvgIpc) is 2.73. The SMILES string of the molecule is CO/C=C(/C(=O)O)c1ccccc1Oc1cccc(C(O)c2ccccc2)c1. The van der Waals surface area contributed by atoms with Crippen LogP contribution < -0.4 is 4.74 Å². The Bertz CT molecular complexity index is 979. The summed E-state index contributed by atoms with van der Waals surface area (Å²) < 4.78 is 10.8. The van der Waals surface area contributed by atoms with Crippen molar-refractivity contribution in [2.75, 3.05) is 7.11 Å². The van der Waals surface area contributed by atoms with Crippen LogP contribution in [-0.4, -0.2) is 23.3 Å². The smallest absolute Gasteiger partial charge is 0.339 e. The minimum Gasteiger partial charge on any atom is -0.503 e. The van der Waals surface area contributed by atoms with Crippen molar-refractivity contribution in [3.8, 4) is 11.5 Å². The van der Waals surface area contributed by atoms with Gasteiger partial charge in [0.05, 0.1) is 13.4 Å². The molecule has 1 unspecified atom stereocenters. The van der Waals surface area contributed by atoms with Gasteiger partial charge in [-0.25, -0.2) is 4.79 Å². The van der Waals surface area contributed by atoms with Crippen LogP contribution in [0.2, 0.25) is 0 Å². The number of para-hydroxylation sites is 1. The van der Waals surface area contributed by atoms with E-state index in [1.165, 1.54) is 13.4 Å². The summed E-state index contributed by atoms with van der Waals surface area (Å²) in [6.45, 7) is 0. The number of aliphatic carboxylic acids is 1. The van der Waals surface area contributed by atoms with E-state index in [9.17, 15) is 15.0 Å². The lowest BCUT2D eigenvalue weighted by molar-refractivity contribution is -0.130. The first kappa shape index (κ1) is 19.2. The summed E-state index contributed by atoms with van der Waals surface area (Å²) in [5.74, 6) is -0.257. The van der Waals surface area contributed by atoms with Crippen LogP contribution in [0.4, 0.5) is 0 Å². The number of methoxy groups -OCH3 is 1. The van der Waals surface area contributed by atoms with E-state index in [4.69, 9.17) is 9.47 Å². The molecule has 0 radical (unpaired) electrons. The zero-order valence-corrected chi connectivity index (χ0v) is 15.3. The number of benzene rings is 3. The Balaban J connectivity index is 1.92. The lowest BCUT2D eigenvalue weighted by atomic mass is 10.0. The molecule has 28 heavy (non-hydrogen) atoms. The molecule has 0 saturated heterocycles. The normalized spacial score (nSPS) is 12.3. The van der Waals surface area contributed by atoms with Crippen LogP contribution in [0.25, 0.3) is 5.57 Å². The molecule has 0 bridgehead atoms. The molecule has 0 fully saturated rings.